The molecule has 23 heavy (non-hydrogen) atoms. The number of hydrogen-bond acceptors (Lipinski definition) is 5. The van der Waals surface area contributed by atoms with Gasteiger partial charge in [-0.2, -0.15) is 5.26 Å². The van der Waals surface area contributed by atoms with Crippen molar-refractivity contribution in [3.05, 3.63) is 53.7 Å². The summed E-state index contributed by atoms with van der Waals surface area (Å²) in [5.41, 5.74) is 1.11. The van der Waals surface area contributed by atoms with Crippen LogP contribution in [0.1, 0.15) is 15.9 Å². The third-order valence-electron chi connectivity index (χ3n) is 3.63. The minimum Gasteiger partial charge on any atom is -0.497 e. The second-order valence-corrected chi connectivity index (χ2v) is 5.18. The molecule has 0 N–H and O–H groups in total. The van der Waals surface area contributed by atoms with E-state index in [9.17, 15) is 4.79 Å². The lowest BCUT2D eigenvalue weighted by molar-refractivity contribution is 0.0160. The standard InChI is InChI=1S/C17H15N3O3/c1-22-14-5-3-13(4-6-14)17(21)20-10-15(11-20)23-16-7-2-12(8-18)9-19-16/h2-7,9,15H,10-11H2,1H3. The van der Waals surface area contributed by atoms with Crippen molar-refractivity contribution >= 4 is 5.91 Å². The molecule has 0 radical (unpaired) electrons. The number of methoxy groups -OCH3 is 1. The van der Waals surface area contributed by atoms with Gasteiger partial charge in [-0.05, 0) is 30.3 Å². The highest BCUT2D eigenvalue weighted by Gasteiger charge is 2.33. The fourth-order valence-electron chi connectivity index (χ4n) is 2.28. The van der Waals surface area contributed by atoms with Crippen LogP contribution in [0, 0.1) is 11.3 Å². The van der Waals surface area contributed by atoms with Crippen molar-refractivity contribution in [3.8, 4) is 17.7 Å². The van der Waals surface area contributed by atoms with E-state index in [0.29, 0.717) is 30.1 Å². The van der Waals surface area contributed by atoms with E-state index >= 15 is 0 Å². The van der Waals surface area contributed by atoms with Crippen molar-refractivity contribution < 1.29 is 14.3 Å². The predicted molar refractivity (Wildman–Crippen MR) is 82.3 cm³/mol. The lowest BCUT2D eigenvalue weighted by atomic mass is 10.1. The highest BCUT2D eigenvalue weighted by molar-refractivity contribution is 5.94. The van der Waals surface area contributed by atoms with Crippen molar-refractivity contribution in [2.45, 2.75) is 6.10 Å². The summed E-state index contributed by atoms with van der Waals surface area (Å²) in [6, 6.07) is 12.3. The molecule has 0 aliphatic carbocycles. The molecular formula is C17H15N3O3. The quantitative estimate of drug-likeness (QED) is 0.861. The number of benzene rings is 1. The van der Waals surface area contributed by atoms with Gasteiger partial charge in [0, 0.05) is 17.8 Å². The van der Waals surface area contributed by atoms with Crippen LogP contribution in [0.5, 0.6) is 11.6 Å². The summed E-state index contributed by atoms with van der Waals surface area (Å²) >= 11 is 0. The van der Waals surface area contributed by atoms with Crippen LogP contribution in [0.3, 0.4) is 0 Å². The van der Waals surface area contributed by atoms with Crippen molar-refractivity contribution in [1.82, 2.24) is 9.88 Å². The lowest BCUT2D eigenvalue weighted by Crippen LogP contribution is -2.56. The first-order valence-electron chi connectivity index (χ1n) is 7.16. The number of aromatic nitrogens is 1. The Morgan fingerprint density at radius 3 is 2.57 bits per heavy atom. The van der Waals surface area contributed by atoms with Gasteiger partial charge in [0.05, 0.1) is 25.8 Å². The van der Waals surface area contributed by atoms with Crippen LogP contribution >= 0.6 is 0 Å². The first-order valence-corrected chi connectivity index (χ1v) is 7.16. The van der Waals surface area contributed by atoms with E-state index in [1.807, 2.05) is 6.07 Å². The Morgan fingerprint density at radius 2 is 2.00 bits per heavy atom. The predicted octanol–water partition coefficient (Wildman–Crippen LogP) is 1.87. The zero-order valence-corrected chi connectivity index (χ0v) is 12.6. The van der Waals surface area contributed by atoms with Crippen LogP contribution in [0.2, 0.25) is 0 Å². The second-order valence-electron chi connectivity index (χ2n) is 5.18. The summed E-state index contributed by atoms with van der Waals surface area (Å²) in [4.78, 5) is 18.1. The van der Waals surface area contributed by atoms with E-state index in [0.717, 1.165) is 5.75 Å². The lowest BCUT2D eigenvalue weighted by Gasteiger charge is -2.38. The van der Waals surface area contributed by atoms with Gasteiger partial charge in [0.25, 0.3) is 5.91 Å². The van der Waals surface area contributed by atoms with Gasteiger partial charge in [-0.25, -0.2) is 4.98 Å². The van der Waals surface area contributed by atoms with Gasteiger partial charge >= 0.3 is 0 Å². The number of likely N-dealkylation sites (tertiary alicyclic amines) is 1. The molecule has 1 fully saturated rings. The number of carbonyl (C=O) groups excluding carboxylic acids is 1. The summed E-state index contributed by atoms with van der Waals surface area (Å²) in [6.45, 7) is 1.04. The molecular weight excluding hydrogens is 294 g/mol. The fraction of sp³-hybridized carbons (Fsp3) is 0.235. The molecule has 116 valence electrons. The van der Waals surface area contributed by atoms with Gasteiger partial charge in [-0.1, -0.05) is 0 Å². The largest absolute Gasteiger partial charge is 0.497 e. The Kier molecular flexibility index (Phi) is 4.11. The number of amides is 1. The highest BCUT2D eigenvalue weighted by Crippen LogP contribution is 2.20. The topological polar surface area (TPSA) is 75.4 Å². The van der Waals surface area contributed by atoms with Gasteiger partial charge in [0.15, 0.2) is 0 Å². The number of rotatable bonds is 4. The van der Waals surface area contributed by atoms with Crippen LogP contribution in [-0.2, 0) is 0 Å². The summed E-state index contributed by atoms with van der Waals surface area (Å²) in [6.07, 6.45) is 1.39. The number of carbonyl (C=O) groups is 1. The number of nitriles is 1. The van der Waals surface area contributed by atoms with E-state index in [-0.39, 0.29) is 12.0 Å². The van der Waals surface area contributed by atoms with E-state index in [1.54, 1.807) is 48.4 Å². The zero-order chi connectivity index (χ0) is 16.2. The van der Waals surface area contributed by atoms with Crippen LogP contribution in [0.15, 0.2) is 42.6 Å². The van der Waals surface area contributed by atoms with Crippen molar-refractivity contribution in [2.75, 3.05) is 20.2 Å². The molecule has 0 unspecified atom stereocenters. The Morgan fingerprint density at radius 1 is 1.26 bits per heavy atom. The Bertz CT molecular complexity index is 729. The first kappa shape index (κ1) is 14.9. The first-order chi connectivity index (χ1) is 11.2. The Balaban J connectivity index is 1.53. The molecule has 2 aromatic rings. The SMILES string of the molecule is COc1ccc(C(=O)N2CC(Oc3ccc(C#N)cn3)C2)cc1. The molecule has 1 saturated heterocycles. The van der Waals surface area contributed by atoms with Gasteiger partial charge in [0.2, 0.25) is 5.88 Å². The maximum atomic E-state index is 12.3. The van der Waals surface area contributed by atoms with Crippen molar-refractivity contribution in [2.24, 2.45) is 0 Å². The second kappa shape index (κ2) is 6.36. The molecule has 6 heteroatoms. The maximum Gasteiger partial charge on any atom is 0.254 e. The zero-order valence-electron chi connectivity index (χ0n) is 12.6. The number of nitrogens with zero attached hydrogens (tertiary/aromatic N) is 3. The van der Waals surface area contributed by atoms with Gasteiger partial charge < -0.3 is 14.4 Å². The molecule has 6 nitrogen and oxygen atoms in total. The third-order valence-corrected chi connectivity index (χ3v) is 3.63. The number of hydrogen-bond donors (Lipinski definition) is 0. The smallest absolute Gasteiger partial charge is 0.254 e. The summed E-state index contributed by atoms with van der Waals surface area (Å²) in [7, 11) is 1.59. The minimum absolute atomic E-state index is 0.0275. The average Bonchev–Trinajstić information content (AvgIpc) is 2.58. The molecule has 0 spiro atoms. The van der Waals surface area contributed by atoms with Gasteiger partial charge in [-0.15, -0.1) is 0 Å². The Labute approximate surface area is 133 Å². The van der Waals surface area contributed by atoms with Crippen LogP contribution < -0.4 is 9.47 Å². The monoisotopic (exact) mass is 309 g/mol. The summed E-state index contributed by atoms with van der Waals surface area (Å²) < 4.78 is 10.7. The average molecular weight is 309 g/mol. The molecule has 1 aliphatic heterocycles. The number of pyridine rings is 1. The van der Waals surface area contributed by atoms with E-state index < -0.39 is 0 Å². The summed E-state index contributed by atoms with van der Waals surface area (Å²) in [5, 5.41) is 8.72. The molecule has 0 atom stereocenters. The number of ether oxygens (including phenoxy) is 2. The molecule has 3 rings (SSSR count). The van der Waals surface area contributed by atoms with Gasteiger partial charge in [0.1, 0.15) is 17.9 Å². The maximum absolute atomic E-state index is 12.3. The van der Waals surface area contributed by atoms with Crippen LogP contribution in [0.4, 0.5) is 0 Å². The Hall–Kier alpha value is -3.07. The van der Waals surface area contributed by atoms with E-state index in [1.165, 1.54) is 6.20 Å². The van der Waals surface area contributed by atoms with E-state index in [2.05, 4.69) is 4.98 Å². The fourth-order valence-corrected chi connectivity index (χ4v) is 2.28. The van der Waals surface area contributed by atoms with E-state index in [4.69, 9.17) is 14.7 Å². The molecule has 2 heterocycles. The molecule has 1 amide bonds. The molecule has 0 bridgehead atoms. The highest BCUT2D eigenvalue weighted by atomic mass is 16.5. The molecule has 1 aromatic carbocycles. The van der Waals surface area contributed by atoms with Crippen LogP contribution in [-0.4, -0.2) is 42.1 Å². The summed E-state index contributed by atoms with van der Waals surface area (Å²) in [5.74, 6) is 1.16. The van der Waals surface area contributed by atoms with Gasteiger partial charge in [-0.3, -0.25) is 4.79 Å². The van der Waals surface area contributed by atoms with Crippen LogP contribution in [0.25, 0.3) is 0 Å². The minimum atomic E-state index is -0.0716. The normalized spacial score (nSPS) is 13.8. The third kappa shape index (κ3) is 3.24. The molecule has 0 saturated carbocycles. The van der Waals surface area contributed by atoms with Crippen molar-refractivity contribution in [3.63, 3.8) is 0 Å². The molecule has 1 aliphatic rings. The van der Waals surface area contributed by atoms with Crippen molar-refractivity contribution in [1.29, 1.82) is 5.26 Å². The molecule has 1 aromatic heterocycles.